The van der Waals surface area contributed by atoms with Crippen molar-refractivity contribution in [1.82, 2.24) is 0 Å². The molecule has 94 valence electrons. The molecule has 1 saturated carbocycles. The van der Waals surface area contributed by atoms with Gasteiger partial charge in [0, 0.05) is 0 Å². The Morgan fingerprint density at radius 3 is 1.88 bits per heavy atom. The molecule has 0 aliphatic heterocycles. The minimum Gasteiger partial charge on any atom is -0.0656 e. The molecule has 2 rings (SSSR count). The van der Waals surface area contributed by atoms with E-state index in [2.05, 4.69) is 50.8 Å². The van der Waals surface area contributed by atoms with Gasteiger partial charge in [0.15, 0.2) is 0 Å². The number of hydrogen-bond donors (Lipinski definition) is 0. The van der Waals surface area contributed by atoms with Gasteiger partial charge in [0.2, 0.25) is 0 Å². The van der Waals surface area contributed by atoms with Gasteiger partial charge < -0.3 is 0 Å². The summed E-state index contributed by atoms with van der Waals surface area (Å²) in [5.74, 6) is 1.79. The van der Waals surface area contributed by atoms with Crippen molar-refractivity contribution in [1.29, 1.82) is 0 Å². The van der Waals surface area contributed by atoms with E-state index in [1.165, 1.54) is 25.7 Å². The van der Waals surface area contributed by atoms with Crippen molar-refractivity contribution in [3.05, 3.63) is 29.8 Å². The van der Waals surface area contributed by atoms with Gasteiger partial charge in [0.25, 0.3) is 0 Å². The van der Waals surface area contributed by atoms with Crippen LogP contribution in [0.2, 0.25) is 19.6 Å². The summed E-state index contributed by atoms with van der Waals surface area (Å²) in [4.78, 5) is 0. The molecule has 0 heterocycles. The molecular weight excluding hydrogens is 220 g/mol. The van der Waals surface area contributed by atoms with Crippen LogP contribution in [0, 0.1) is 5.92 Å². The van der Waals surface area contributed by atoms with Crippen LogP contribution in [0.3, 0.4) is 0 Å². The number of rotatable bonds is 2. The number of hydrogen-bond acceptors (Lipinski definition) is 0. The highest BCUT2D eigenvalue weighted by Gasteiger charge is 2.21. The van der Waals surface area contributed by atoms with Gasteiger partial charge in [-0.2, -0.15) is 0 Å². The van der Waals surface area contributed by atoms with E-state index in [4.69, 9.17) is 0 Å². The summed E-state index contributed by atoms with van der Waals surface area (Å²) in [6.45, 7) is 9.66. The van der Waals surface area contributed by atoms with Crippen LogP contribution in [0.25, 0.3) is 0 Å². The predicted molar refractivity (Wildman–Crippen MR) is 79.8 cm³/mol. The third-order valence-electron chi connectivity index (χ3n) is 4.26. The lowest BCUT2D eigenvalue weighted by Gasteiger charge is -2.27. The van der Waals surface area contributed by atoms with Gasteiger partial charge in [0.1, 0.15) is 0 Å². The Bertz CT molecular complexity index is 350. The van der Waals surface area contributed by atoms with Gasteiger partial charge in [0.05, 0.1) is 8.07 Å². The topological polar surface area (TPSA) is 0 Å². The number of benzene rings is 1. The Morgan fingerprint density at radius 1 is 0.882 bits per heavy atom. The van der Waals surface area contributed by atoms with Crippen LogP contribution in [0.1, 0.15) is 44.1 Å². The first kappa shape index (κ1) is 12.9. The molecule has 0 radical (unpaired) electrons. The van der Waals surface area contributed by atoms with Gasteiger partial charge in [-0.15, -0.1) is 0 Å². The lowest BCUT2D eigenvalue weighted by atomic mass is 9.79. The van der Waals surface area contributed by atoms with Crippen molar-refractivity contribution in [2.75, 3.05) is 0 Å². The first-order chi connectivity index (χ1) is 7.97. The zero-order valence-corrected chi connectivity index (χ0v) is 12.8. The minimum absolute atomic E-state index is 0.835. The summed E-state index contributed by atoms with van der Waals surface area (Å²) in [7, 11) is -1.12. The monoisotopic (exact) mass is 246 g/mol. The molecule has 0 N–H and O–H groups in total. The Labute approximate surface area is 107 Å². The zero-order chi connectivity index (χ0) is 12.5. The minimum atomic E-state index is -1.12. The van der Waals surface area contributed by atoms with E-state index in [0.29, 0.717) is 0 Å². The predicted octanol–water partition coefficient (Wildman–Crippen LogP) is 4.53. The molecule has 0 aromatic heterocycles. The van der Waals surface area contributed by atoms with Gasteiger partial charge >= 0.3 is 0 Å². The standard InChI is InChI=1S/C16H26Si/c1-13-5-7-14(8-6-13)15-9-11-16(12-10-15)17(2,3)4/h9-14H,5-8H2,1-4H3. The van der Waals surface area contributed by atoms with Crippen LogP contribution in [0.15, 0.2) is 24.3 Å². The molecule has 0 atom stereocenters. The van der Waals surface area contributed by atoms with Crippen LogP contribution in [0.5, 0.6) is 0 Å². The molecule has 0 amide bonds. The van der Waals surface area contributed by atoms with Crippen molar-refractivity contribution < 1.29 is 0 Å². The highest BCUT2D eigenvalue weighted by molar-refractivity contribution is 6.88. The third kappa shape index (κ3) is 3.22. The molecular formula is C16H26Si. The van der Waals surface area contributed by atoms with Gasteiger partial charge in [-0.3, -0.25) is 0 Å². The quantitative estimate of drug-likeness (QED) is 0.673. The smallest absolute Gasteiger partial charge is 0.0656 e. The van der Waals surface area contributed by atoms with E-state index in [1.54, 1.807) is 10.8 Å². The summed E-state index contributed by atoms with van der Waals surface area (Å²) >= 11 is 0. The largest absolute Gasteiger partial charge is 0.0775 e. The lowest BCUT2D eigenvalue weighted by molar-refractivity contribution is 0.348. The van der Waals surface area contributed by atoms with E-state index in [1.807, 2.05) is 0 Å². The van der Waals surface area contributed by atoms with Gasteiger partial charge in [-0.05, 0) is 30.2 Å². The molecule has 1 aliphatic rings. The molecule has 0 unspecified atom stereocenters. The average molecular weight is 246 g/mol. The highest BCUT2D eigenvalue weighted by Crippen LogP contribution is 2.35. The Hall–Kier alpha value is -0.563. The first-order valence-corrected chi connectivity index (χ1v) is 10.6. The summed E-state index contributed by atoms with van der Waals surface area (Å²) in [6.07, 6.45) is 5.63. The van der Waals surface area contributed by atoms with Crippen LogP contribution in [-0.4, -0.2) is 8.07 Å². The summed E-state index contributed by atoms with van der Waals surface area (Å²) in [5.41, 5.74) is 1.58. The van der Waals surface area contributed by atoms with E-state index in [-0.39, 0.29) is 0 Å². The highest BCUT2D eigenvalue weighted by atomic mass is 28.3. The maximum absolute atomic E-state index is 2.42. The Balaban J connectivity index is 2.08. The second-order valence-electron chi connectivity index (χ2n) is 6.83. The van der Waals surface area contributed by atoms with E-state index in [0.717, 1.165) is 11.8 Å². The summed E-state index contributed by atoms with van der Waals surface area (Å²) in [6, 6.07) is 9.57. The van der Waals surface area contributed by atoms with Crippen LogP contribution in [-0.2, 0) is 0 Å². The van der Waals surface area contributed by atoms with Crippen molar-refractivity contribution in [3.8, 4) is 0 Å². The second-order valence-corrected chi connectivity index (χ2v) is 11.9. The molecule has 1 aromatic rings. The molecule has 0 spiro atoms. The molecule has 1 fully saturated rings. The SMILES string of the molecule is CC1CCC(c2ccc([Si](C)(C)C)cc2)CC1. The first-order valence-electron chi connectivity index (χ1n) is 7.07. The van der Waals surface area contributed by atoms with Crippen molar-refractivity contribution in [3.63, 3.8) is 0 Å². The van der Waals surface area contributed by atoms with Crippen LogP contribution >= 0.6 is 0 Å². The molecule has 0 bridgehead atoms. The maximum atomic E-state index is 2.42. The van der Waals surface area contributed by atoms with Crippen LogP contribution in [0.4, 0.5) is 0 Å². The fourth-order valence-corrected chi connectivity index (χ4v) is 4.02. The van der Waals surface area contributed by atoms with Gasteiger partial charge in [-0.25, -0.2) is 0 Å². The summed E-state index contributed by atoms with van der Waals surface area (Å²) < 4.78 is 0. The Kier molecular flexibility index (Phi) is 3.77. The van der Waals surface area contributed by atoms with E-state index >= 15 is 0 Å². The van der Waals surface area contributed by atoms with Gasteiger partial charge in [-0.1, -0.05) is 68.9 Å². The summed E-state index contributed by atoms with van der Waals surface area (Å²) in [5, 5.41) is 1.59. The average Bonchev–Trinajstić information content (AvgIpc) is 2.29. The molecule has 1 aliphatic carbocycles. The molecule has 17 heavy (non-hydrogen) atoms. The van der Waals surface area contributed by atoms with Crippen molar-refractivity contribution in [2.45, 2.75) is 58.2 Å². The lowest BCUT2D eigenvalue weighted by Crippen LogP contribution is -2.37. The van der Waals surface area contributed by atoms with Crippen molar-refractivity contribution in [2.24, 2.45) is 5.92 Å². The zero-order valence-electron chi connectivity index (χ0n) is 11.8. The van der Waals surface area contributed by atoms with E-state index in [9.17, 15) is 0 Å². The fourth-order valence-electron chi connectivity index (χ4n) is 2.85. The second kappa shape index (κ2) is 4.97. The Morgan fingerprint density at radius 2 is 1.41 bits per heavy atom. The molecule has 0 nitrogen and oxygen atoms in total. The normalized spacial score (nSPS) is 25.9. The third-order valence-corrected chi connectivity index (χ3v) is 6.33. The molecule has 1 aromatic carbocycles. The van der Waals surface area contributed by atoms with Crippen molar-refractivity contribution >= 4 is 13.3 Å². The maximum Gasteiger partial charge on any atom is 0.0775 e. The molecule has 0 saturated heterocycles. The fraction of sp³-hybridized carbons (Fsp3) is 0.625. The van der Waals surface area contributed by atoms with E-state index < -0.39 is 8.07 Å². The molecule has 1 heteroatoms. The van der Waals surface area contributed by atoms with Crippen LogP contribution < -0.4 is 5.19 Å².